The third kappa shape index (κ3) is 1.71. The van der Waals surface area contributed by atoms with Gasteiger partial charge >= 0.3 is 0 Å². The molecule has 1 N–H and O–H groups in total. The molecule has 5 nitrogen and oxygen atoms in total. The van der Waals surface area contributed by atoms with E-state index in [1.54, 1.807) is 12.4 Å². The molecule has 20 heavy (non-hydrogen) atoms. The van der Waals surface area contributed by atoms with Gasteiger partial charge in [-0.2, -0.15) is 0 Å². The number of pyridine rings is 1. The first-order valence-corrected chi connectivity index (χ1v) is 6.44. The van der Waals surface area contributed by atoms with Gasteiger partial charge in [0.1, 0.15) is 0 Å². The van der Waals surface area contributed by atoms with Crippen LogP contribution >= 0.6 is 0 Å². The van der Waals surface area contributed by atoms with Gasteiger partial charge in [-0.25, -0.2) is 0 Å². The van der Waals surface area contributed by atoms with Crippen LogP contribution in [0.5, 0.6) is 11.5 Å². The zero-order valence-electron chi connectivity index (χ0n) is 10.6. The van der Waals surface area contributed by atoms with E-state index in [4.69, 9.17) is 9.47 Å². The molecule has 0 radical (unpaired) electrons. The third-order valence-corrected chi connectivity index (χ3v) is 3.67. The number of hydrogen-bond donors (Lipinski definition) is 1. The summed E-state index contributed by atoms with van der Waals surface area (Å²) in [6.07, 6.45) is 3.95. The van der Waals surface area contributed by atoms with Crippen molar-refractivity contribution < 1.29 is 14.3 Å². The molecule has 4 rings (SSSR count). The van der Waals surface area contributed by atoms with Gasteiger partial charge in [-0.3, -0.25) is 9.78 Å². The predicted molar refractivity (Wildman–Crippen MR) is 71.9 cm³/mol. The van der Waals surface area contributed by atoms with Gasteiger partial charge in [0.25, 0.3) is 0 Å². The molecule has 0 spiro atoms. The van der Waals surface area contributed by atoms with E-state index in [-0.39, 0.29) is 18.6 Å². The summed E-state index contributed by atoms with van der Waals surface area (Å²) in [5, 5.41) is 2.89. The summed E-state index contributed by atoms with van der Waals surface area (Å²) in [4.78, 5) is 16.0. The van der Waals surface area contributed by atoms with Crippen molar-refractivity contribution in [3.05, 3.63) is 47.8 Å². The zero-order chi connectivity index (χ0) is 13.5. The number of carbonyl (C=O) groups excluding carboxylic acids is 1. The fourth-order valence-corrected chi connectivity index (χ4v) is 2.73. The van der Waals surface area contributed by atoms with E-state index in [1.807, 2.05) is 24.3 Å². The highest BCUT2D eigenvalue weighted by atomic mass is 16.7. The van der Waals surface area contributed by atoms with Gasteiger partial charge in [0, 0.05) is 36.5 Å². The molecule has 5 heteroatoms. The molecular weight excluding hydrogens is 256 g/mol. The minimum atomic E-state index is 0.00181. The predicted octanol–water partition coefficient (Wildman–Crippen LogP) is 2.28. The Morgan fingerprint density at radius 1 is 1.25 bits per heavy atom. The molecule has 100 valence electrons. The maximum Gasteiger partial charge on any atom is 0.231 e. The molecule has 1 atom stereocenters. The van der Waals surface area contributed by atoms with Crippen molar-refractivity contribution in [3.63, 3.8) is 0 Å². The van der Waals surface area contributed by atoms with E-state index in [0.29, 0.717) is 12.2 Å². The first-order valence-electron chi connectivity index (χ1n) is 6.44. The van der Waals surface area contributed by atoms with E-state index in [9.17, 15) is 4.79 Å². The maximum atomic E-state index is 11.9. The van der Waals surface area contributed by atoms with E-state index < -0.39 is 0 Å². The molecule has 1 aromatic heterocycles. The maximum absolute atomic E-state index is 11.9. The Morgan fingerprint density at radius 2 is 2.10 bits per heavy atom. The number of hydrogen-bond acceptors (Lipinski definition) is 4. The molecule has 1 amide bonds. The van der Waals surface area contributed by atoms with Crippen molar-refractivity contribution in [1.82, 2.24) is 4.98 Å². The van der Waals surface area contributed by atoms with Crippen molar-refractivity contribution >= 4 is 11.6 Å². The number of rotatable bonds is 1. The molecule has 3 heterocycles. The molecule has 2 aliphatic heterocycles. The van der Waals surface area contributed by atoms with Crippen LogP contribution in [0.2, 0.25) is 0 Å². The Morgan fingerprint density at radius 3 is 2.90 bits per heavy atom. The highest BCUT2D eigenvalue weighted by molar-refractivity contribution is 5.96. The highest BCUT2D eigenvalue weighted by Gasteiger charge is 2.29. The van der Waals surface area contributed by atoms with Crippen LogP contribution in [0.4, 0.5) is 5.69 Å². The van der Waals surface area contributed by atoms with Crippen LogP contribution in [0.15, 0.2) is 36.7 Å². The summed E-state index contributed by atoms with van der Waals surface area (Å²) in [6, 6.07) is 7.66. The van der Waals surface area contributed by atoms with Crippen LogP contribution in [0.1, 0.15) is 23.5 Å². The van der Waals surface area contributed by atoms with Gasteiger partial charge in [-0.1, -0.05) is 6.07 Å². The van der Waals surface area contributed by atoms with Crippen molar-refractivity contribution in [1.29, 1.82) is 0 Å². The van der Waals surface area contributed by atoms with Crippen LogP contribution in [-0.4, -0.2) is 17.7 Å². The van der Waals surface area contributed by atoms with Crippen LogP contribution in [0.25, 0.3) is 0 Å². The van der Waals surface area contributed by atoms with Gasteiger partial charge in [0.15, 0.2) is 11.5 Å². The lowest BCUT2D eigenvalue weighted by molar-refractivity contribution is -0.116. The molecule has 2 aromatic rings. The number of anilines is 1. The molecule has 0 bridgehead atoms. The standard InChI is InChI=1S/C15H12N2O3/c18-15-5-10(9-2-1-3-16-7-9)11-4-13-14(20-8-19-13)6-12(11)17-15/h1-4,6-7,10H,5,8H2,(H,17,18)/t10-/m0/s1. The molecule has 0 saturated carbocycles. The second kappa shape index (κ2) is 4.23. The summed E-state index contributed by atoms with van der Waals surface area (Å²) >= 11 is 0. The Balaban J connectivity index is 1.86. The van der Waals surface area contributed by atoms with Crippen molar-refractivity contribution in [2.45, 2.75) is 12.3 Å². The third-order valence-electron chi connectivity index (χ3n) is 3.67. The SMILES string of the molecule is O=C1C[C@@H](c2cccnc2)c2cc3c(cc2N1)OCO3. The average Bonchev–Trinajstić information content (AvgIpc) is 2.92. The van der Waals surface area contributed by atoms with Gasteiger partial charge in [0.2, 0.25) is 12.7 Å². The minimum Gasteiger partial charge on any atom is -0.454 e. The number of benzene rings is 1. The van der Waals surface area contributed by atoms with E-state index in [0.717, 1.165) is 22.6 Å². The first kappa shape index (κ1) is 11.3. The fourth-order valence-electron chi connectivity index (χ4n) is 2.73. The molecule has 1 aromatic carbocycles. The Labute approximate surface area is 115 Å². The summed E-state index contributed by atoms with van der Waals surface area (Å²) < 4.78 is 10.8. The summed E-state index contributed by atoms with van der Waals surface area (Å²) in [5.41, 5.74) is 2.86. The number of nitrogens with one attached hydrogen (secondary N) is 1. The van der Waals surface area contributed by atoms with E-state index in [2.05, 4.69) is 10.3 Å². The number of aromatic nitrogens is 1. The van der Waals surface area contributed by atoms with Crippen LogP contribution in [0, 0.1) is 0 Å². The second-order valence-corrected chi connectivity index (χ2v) is 4.88. The largest absolute Gasteiger partial charge is 0.454 e. The van der Waals surface area contributed by atoms with Gasteiger partial charge < -0.3 is 14.8 Å². The van der Waals surface area contributed by atoms with Gasteiger partial charge in [-0.05, 0) is 23.3 Å². The lowest BCUT2D eigenvalue weighted by Gasteiger charge is -2.26. The summed E-state index contributed by atoms with van der Waals surface area (Å²) in [6.45, 7) is 0.226. The average molecular weight is 268 g/mol. The number of amides is 1. The van der Waals surface area contributed by atoms with Crippen LogP contribution in [0.3, 0.4) is 0 Å². The Hall–Kier alpha value is -2.56. The molecule has 0 fully saturated rings. The molecule has 2 aliphatic rings. The van der Waals surface area contributed by atoms with Gasteiger partial charge in [0.05, 0.1) is 0 Å². The zero-order valence-corrected chi connectivity index (χ0v) is 10.6. The molecule has 0 saturated heterocycles. The number of carbonyl (C=O) groups is 1. The number of fused-ring (bicyclic) bond motifs is 2. The lowest BCUT2D eigenvalue weighted by atomic mass is 9.85. The van der Waals surface area contributed by atoms with Gasteiger partial charge in [-0.15, -0.1) is 0 Å². The summed E-state index contributed by atoms with van der Waals surface area (Å²) in [7, 11) is 0. The fraction of sp³-hybridized carbons (Fsp3) is 0.200. The van der Waals surface area contributed by atoms with Crippen molar-refractivity contribution in [3.8, 4) is 11.5 Å². The number of ether oxygens (including phenoxy) is 2. The quantitative estimate of drug-likeness (QED) is 0.862. The monoisotopic (exact) mass is 268 g/mol. The minimum absolute atomic E-state index is 0.00181. The van der Waals surface area contributed by atoms with Crippen LogP contribution in [-0.2, 0) is 4.79 Å². The number of nitrogens with zero attached hydrogens (tertiary/aromatic N) is 1. The molecule has 0 aliphatic carbocycles. The smallest absolute Gasteiger partial charge is 0.231 e. The normalized spacial score (nSPS) is 19.4. The Kier molecular flexibility index (Phi) is 2.39. The Bertz CT molecular complexity index is 685. The van der Waals surface area contributed by atoms with Crippen molar-refractivity contribution in [2.75, 3.05) is 12.1 Å². The second-order valence-electron chi connectivity index (χ2n) is 4.88. The van der Waals surface area contributed by atoms with E-state index >= 15 is 0 Å². The molecular formula is C15H12N2O3. The molecule has 0 unspecified atom stereocenters. The van der Waals surface area contributed by atoms with Crippen molar-refractivity contribution in [2.24, 2.45) is 0 Å². The topological polar surface area (TPSA) is 60.5 Å². The van der Waals surface area contributed by atoms with Crippen LogP contribution < -0.4 is 14.8 Å². The van der Waals surface area contributed by atoms with E-state index in [1.165, 1.54) is 0 Å². The highest BCUT2D eigenvalue weighted by Crippen LogP contribution is 2.44. The lowest BCUT2D eigenvalue weighted by Crippen LogP contribution is -2.23. The first-order chi connectivity index (χ1) is 9.81. The summed E-state index contributed by atoms with van der Waals surface area (Å²) in [5.74, 6) is 1.41.